The van der Waals surface area contributed by atoms with Gasteiger partial charge in [0.15, 0.2) is 22.6 Å². The highest BCUT2D eigenvalue weighted by Crippen LogP contribution is 2.34. The molecule has 15 heterocycles. The van der Waals surface area contributed by atoms with Crippen molar-refractivity contribution in [2.75, 3.05) is 123 Å². The third kappa shape index (κ3) is 19.4. The van der Waals surface area contributed by atoms with Gasteiger partial charge >= 0.3 is 22.5 Å². The maximum absolute atomic E-state index is 12.8. The molecular formula is C95H105N17O12. The SMILES string of the molecule is CCCN1CCC(c2ccc3cc(-c4cn5cc(C)ncc5n4)c(=O)oc3c2)CC1.Cc1cn2cc(-c3cc4ccc(CCCN(CCO)CCO)cc4oc3=O)nc2c(C)n1.Cc1cn2cc(-c3cc4ccc(CCN5CCOCC5)cc4oc3=O)nc2c(C)n1.Cc1cn2cc(-c3cc4ccc(N5CCN(CCO)[C@@H](C)C5)cc4oc3=O)nc2c(C)n1. The van der Waals surface area contributed by atoms with Crippen LogP contribution in [0.5, 0.6) is 0 Å². The monoisotopic (exact) mass is 1680 g/mol. The average Bonchev–Trinajstić information content (AvgIpc) is 1.58. The van der Waals surface area contributed by atoms with Crippen molar-refractivity contribution in [3.05, 3.63) is 251 Å². The van der Waals surface area contributed by atoms with Crippen LogP contribution in [0.1, 0.15) is 102 Å². The zero-order valence-electron chi connectivity index (χ0n) is 71.7. The molecule has 642 valence electrons. The molecule has 0 radical (unpaired) electrons. The van der Waals surface area contributed by atoms with Crippen LogP contribution in [0.2, 0.25) is 0 Å². The van der Waals surface area contributed by atoms with Crippen LogP contribution in [0.25, 0.3) is 111 Å². The lowest BCUT2D eigenvalue weighted by atomic mass is 9.89. The molecule has 3 saturated heterocycles. The average molecular weight is 1680 g/mol. The van der Waals surface area contributed by atoms with E-state index in [1.165, 1.54) is 18.5 Å². The molecule has 29 nitrogen and oxygen atoms in total. The number of benzene rings is 4. The standard InChI is InChI=1S/C24H27N5O3.C24H28N4O4.C24H26N4O2.C23H24N4O3/c1-15-12-29-14-21(26-23(29)17(3)25-15)20-10-18-4-5-19(11-22(18)32-24(20)31)28-7-6-27(8-9-30)16(2)13-28;1-16-14-28-15-21(26-23(28)17(2)25-16)20-13-19-6-5-18(12-22(19)32-24(20)31)4-3-7-27(8-10-29)9-11-30;1-3-8-27-9-6-17(7-10-27)18-4-5-19-11-20(24(29)30-22(19)12-18)21-15-28-14-16(2)25-13-23(28)26-21;1-15-13-27-14-20(25-22(27)16(2)24-15)19-12-18-4-3-17(11-21(18)30-23(19)28)5-6-26-7-9-29-10-8-26/h4-5,10-12,14,16,30H,6-9,13H2,1-3H3;5-6,12-15,29-30H,3-4,7-11H2,1-2H3;4-5,11-15,17H,3,6-10H2,1-2H3;3-4,11-14H,5-10H2,1-2H3/t16-;;;/m0.../s1. The number of piperazine rings is 1. The number of ether oxygens (including phenoxy) is 1. The van der Waals surface area contributed by atoms with Crippen molar-refractivity contribution < 1.29 is 37.7 Å². The van der Waals surface area contributed by atoms with Gasteiger partial charge in [0.25, 0.3) is 0 Å². The van der Waals surface area contributed by atoms with Crippen molar-refractivity contribution in [2.45, 2.75) is 113 Å². The number of aryl methyl sites for hydroxylation is 8. The number of fused-ring (bicyclic) bond motifs is 8. The molecule has 12 aromatic heterocycles. The fraction of sp³-hybridized carbons (Fsp3) is 0.368. The van der Waals surface area contributed by atoms with Gasteiger partial charge in [-0.1, -0.05) is 43.3 Å². The molecule has 19 rings (SSSR count). The first-order valence-electron chi connectivity index (χ1n) is 42.8. The van der Waals surface area contributed by atoms with E-state index in [1.807, 2.05) is 187 Å². The number of aromatic nitrogens is 12. The van der Waals surface area contributed by atoms with E-state index in [9.17, 15) is 24.3 Å². The van der Waals surface area contributed by atoms with Crippen LogP contribution in [0, 0.1) is 48.5 Å². The van der Waals surface area contributed by atoms with Gasteiger partial charge in [-0.25, -0.2) is 39.1 Å². The molecule has 3 aliphatic rings. The number of likely N-dealkylation sites (tertiary alicyclic amines) is 1. The van der Waals surface area contributed by atoms with Crippen molar-refractivity contribution in [1.82, 2.24) is 77.1 Å². The Kier molecular flexibility index (Phi) is 26.0. The van der Waals surface area contributed by atoms with E-state index < -0.39 is 11.3 Å². The van der Waals surface area contributed by atoms with Gasteiger partial charge in [0.2, 0.25) is 0 Å². The van der Waals surface area contributed by atoms with Gasteiger partial charge in [0.05, 0.1) is 124 Å². The van der Waals surface area contributed by atoms with Crippen LogP contribution in [0.3, 0.4) is 0 Å². The zero-order chi connectivity index (χ0) is 86.4. The number of hydrogen-bond acceptors (Lipinski definition) is 25. The second kappa shape index (κ2) is 37.8. The van der Waals surface area contributed by atoms with E-state index in [4.69, 9.17) is 32.6 Å². The number of piperidine rings is 1. The number of rotatable bonds is 21. The highest BCUT2D eigenvalue weighted by Gasteiger charge is 2.27. The number of hydrogen-bond donors (Lipinski definition) is 3. The largest absolute Gasteiger partial charge is 0.422 e. The number of aliphatic hydroxyl groups excluding tert-OH is 3. The van der Waals surface area contributed by atoms with Crippen LogP contribution in [-0.4, -0.2) is 217 Å². The molecule has 3 N–H and O–H groups in total. The Morgan fingerprint density at radius 3 is 1.38 bits per heavy atom. The predicted octanol–water partition coefficient (Wildman–Crippen LogP) is 12.4. The molecule has 0 aliphatic carbocycles. The fourth-order valence-corrected chi connectivity index (χ4v) is 17.2. The Morgan fingerprint density at radius 1 is 0.435 bits per heavy atom. The lowest BCUT2D eigenvalue weighted by Crippen LogP contribution is -2.52. The van der Waals surface area contributed by atoms with Crippen molar-refractivity contribution in [3.63, 3.8) is 0 Å². The van der Waals surface area contributed by atoms with E-state index in [2.05, 4.69) is 104 Å². The van der Waals surface area contributed by atoms with E-state index in [-0.39, 0.29) is 31.1 Å². The van der Waals surface area contributed by atoms with Crippen molar-refractivity contribution >= 4 is 72.2 Å². The summed E-state index contributed by atoms with van der Waals surface area (Å²) in [6.45, 7) is 31.4. The molecule has 0 spiro atoms. The summed E-state index contributed by atoms with van der Waals surface area (Å²) >= 11 is 0. The molecule has 29 heteroatoms. The molecule has 0 amide bonds. The Morgan fingerprint density at radius 2 is 0.887 bits per heavy atom. The predicted molar refractivity (Wildman–Crippen MR) is 480 cm³/mol. The summed E-state index contributed by atoms with van der Waals surface area (Å²) in [5.41, 5.74) is 18.4. The van der Waals surface area contributed by atoms with Crippen LogP contribution >= 0.6 is 0 Å². The molecule has 0 saturated carbocycles. The first-order valence-corrected chi connectivity index (χ1v) is 42.8. The second-order valence-corrected chi connectivity index (χ2v) is 32.7. The minimum Gasteiger partial charge on any atom is -0.422 e. The molecule has 3 aliphatic heterocycles. The van der Waals surface area contributed by atoms with Gasteiger partial charge in [0, 0.05) is 148 Å². The Labute approximate surface area is 715 Å². The minimum absolute atomic E-state index is 0.0749. The lowest BCUT2D eigenvalue weighted by Gasteiger charge is -2.40. The van der Waals surface area contributed by atoms with Crippen molar-refractivity contribution in [3.8, 4) is 45.0 Å². The van der Waals surface area contributed by atoms with Gasteiger partial charge in [-0.2, -0.15) is 0 Å². The molecule has 0 unspecified atom stereocenters. The summed E-state index contributed by atoms with van der Waals surface area (Å²) in [4.78, 5) is 98.6. The summed E-state index contributed by atoms with van der Waals surface area (Å²) in [6.07, 6.45) is 22.8. The van der Waals surface area contributed by atoms with Crippen LogP contribution in [-0.2, 0) is 17.6 Å². The number of β-amino-alcohol motifs (C(OH)–C–C–N with tert-alkyl or cyclic N) is 1. The molecule has 16 aromatic rings. The summed E-state index contributed by atoms with van der Waals surface area (Å²) in [5.74, 6) is 0.529. The molecule has 1 atom stereocenters. The first-order chi connectivity index (χ1) is 60.1. The normalized spacial score (nSPS) is 15.1. The van der Waals surface area contributed by atoms with Gasteiger partial charge < -0.3 is 65.1 Å². The number of morpholine rings is 1. The Bertz CT molecular complexity index is 6820. The smallest absolute Gasteiger partial charge is 0.345 e. The Hall–Kier alpha value is -12.3. The quantitative estimate of drug-likeness (QED) is 0.0563. The highest BCUT2D eigenvalue weighted by molar-refractivity contribution is 5.86. The first kappa shape index (κ1) is 85.3. The van der Waals surface area contributed by atoms with Crippen LogP contribution in [0.15, 0.2) is 190 Å². The molecule has 3 fully saturated rings. The summed E-state index contributed by atoms with van der Waals surface area (Å²) in [7, 11) is 0. The number of aliphatic hydroxyl groups is 3. The van der Waals surface area contributed by atoms with Gasteiger partial charge in [-0.15, -0.1) is 0 Å². The van der Waals surface area contributed by atoms with Crippen molar-refractivity contribution in [2.24, 2.45) is 0 Å². The van der Waals surface area contributed by atoms with E-state index >= 15 is 0 Å². The van der Waals surface area contributed by atoms with Crippen LogP contribution in [0.4, 0.5) is 5.69 Å². The van der Waals surface area contributed by atoms with E-state index in [0.717, 1.165) is 199 Å². The van der Waals surface area contributed by atoms with E-state index in [1.54, 1.807) is 6.20 Å². The number of anilines is 1. The van der Waals surface area contributed by atoms with Gasteiger partial charge in [0.1, 0.15) is 22.3 Å². The molecule has 0 bridgehead atoms. The lowest BCUT2D eigenvalue weighted by molar-refractivity contribution is 0.0384. The van der Waals surface area contributed by atoms with Gasteiger partial charge in [-0.05, 0) is 197 Å². The van der Waals surface area contributed by atoms with E-state index in [0.29, 0.717) is 105 Å². The number of imidazole rings is 4. The molecule has 124 heavy (non-hydrogen) atoms. The highest BCUT2D eigenvalue weighted by atomic mass is 16.5. The second-order valence-electron chi connectivity index (χ2n) is 32.7. The minimum atomic E-state index is -0.419. The van der Waals surface area contributed by atoms with Crippen LogP contribution < -0.4 is 27.4 Å². The maximum atomic E-state index is 12.8. The maximum Gasteiger partial charge on any atom is 0.345 e. The number of nitrogens with zero attached hydrogens (tertiary/aromatic N) is 17. The summed E-state index contributed by atoms with van der Waals surface area (Å²) < 4.78 is 35.8. The zero-order valence-corrected chi connectivity index (χ0v) is 71.7. The Balaban J connectivity index is 0.000000122. The summed E-state index contributed by atoms with van der Waals surface area (Å²) in [6, 6.07) is 32.1. The third-order valence-electron chi connectivity index (χ3n) is 23.5. The molecular weight excluding hydrogens is 1570 g/mol. The fourth-order valence-electron chi connectivity index (χ4n) is 17.2. The summed E-state index contributed by atoms with van der Waals surface area (Å²) in [5, 5.41) is 31.0. The van der Waals surface area contributed by atoms with Crippen molar-refractivity contribution in [1.29, 1.82) is 0 Å². The molecule has 4 aromatic carbocycles. The van der Waals surface area contributed by atoms with Gasteiger partial charge in [-0.3, -0.25) is 34.6 Å². The topological polar surface area (TPSA) is 328 Å². The third-order valence-corrected chi connectivity index (χ3v) is 23.5.